The van der Waals surface area contributed by atoms with Crippen molar-refractivity contribution in [3.8, 4) is 0 Å². The third-order valence-corrected chi connectivity index (χ3v) is 5.09. The molecule has 2 N–H and O–H groups in total. The van der Waals surface area contributed by atoms with Gasteiger partial charge in [0.2, 0.25) is 0 Å². The number of anilines is 1. The number of nitrogens with one attached hydrogen (secondary N) is 2. The molecule has 0 aliphatic carbocycles. The molecule has 0 radical (unpaired) electrons. The summed E-state index contributed by atoms with van der Waals surface area (Å²) in [6, 6.07) is 17.2. The van der Waals surface area contributed by atoms with Crippen LogP contribution in [-0.4, -0.2) is 30.5 Å². The third-order valence-electron chi connectivity index (χ3n) is 5.09. The van der Waals surface area contributed by atoms with Crippen LogP contribution in [0, 0.1) is 11.6 Å². The van der Waals surface area contributed by atoms with Crippen LogP contribution < -0.4 is 15.5 Å². The number of carbonyl (C=O) groups is 1. The van der Waals surface area contributed by atoms with E-state index in [0.29, 0.717) is 11.1 Å². The van der Waals surface area contributed by atoms with Crippen molar-refractivity contribution >= 4 is 11.7 Å². The van der Waals surface area contributed by atoms with E-state index in [1.807, 2.05) is 24.3 Å². The summed E-state index contributed by atoms with van der Waals surface area (Å²) >= 11 is 0. The number of piperazine rings is 1. The van der Waals surface area contributed by atoms with E-state index in [-0.39, 0.29) is 18.5 Å². The molecule has 1 amide bonds. The molecule has 154 valence electrons. The molecular weight excluding hydrogens is 386 g/mol. The lowest BCUT2D eigenvalue weighted by atomic mass is 10.0. The van der Waals surface area contributed by atoms with Crippen LogP contribution in [0.1, 0.15) is 27.5 Å². The molecule has 4 rings (SSSR count). The molecule has 2 aromatic carbocycles. The number of halogens is 2. The van der Waals surface area contributed by atoms with E-state index in [0.717, 1.165) is 31.5 Å². The van der Waals surface area contributed by atoms with Crippen molar-refractivity contribution in [2.75, 3.05) is 24.5 Å². The average Bonchev–Trinajstić information content (AvgIpc) is 2.78. The van der Waals surface area contributed by atoms with Crippen LogP contribution in [0.5, 0.6) is 0 Å². The summed E-state index contributed by atoms with van der Waals surface area (Å²) in [5.41, 5.74) is 1.98. The van der Waals surface area contributed by atoms with E-state index in [4.69, 9.17) is 0 Å². The highest BCUT2D eigenvalue weighted by Gasteiger charge is 2.21. The predicted octanol–water partition coefficient (Wildman–Crippen LogP) is 3.44. The van der Waals surface area contributed by atoms with Gasteiger partial charge in [0.15, 0.2) is 0 Å². The van der Waals surface area contributed by atoms with Gasteiger partial charge in [0.25, 0.3) is 5.91 Å². The van der Waals surface area contributed by atoms with Gasteiger partial charge in [-0.2, -0.15) is 0 Å². The highest BCUT2D eigenvalue weighted by Crippen LogP contribution is 2.21. The monoisotopic (exact) mass is 408 g/mol. The van der Waals surface area contributed by atoms with Crippen LogP contribution >= 0.6 is 0 Å². The van der Waals surface area contributed by atoms with Crippen LogP contribution in [-0.2, 0) is 6.54 Å². The van der Waals surface area contributed by atoms with Crippen molar-refractivity contribution in [1.82, 2.24) is 15.6 Å². The first-order chi connectivity index (χ1) is 14.6. The number of pyridine rings is 1. The van der Waals surface area contributed by atoms with Crippen LogP contribution in [0.4, 0.5) is 14.6 Å². The van der Waals surface area contributed by atoms with E-state index in [1.54, 1.807) is 6.07 Å². The first-order valence-electron chi connectivity index (χ1n) is 9.81. The SMILES string of the molecule is O=C(NCc1cc(F)cc(F)c1)c1ccc(N2CCNC(c3ccccc3)C2)nc1. The second-order valence-corrected chi connectivity index (χ2v) is 7.23. The highest BCUT2D eigenvalue weighted by atomic mass is 19.1. The summed E-state index contributed by atoms with van der Waals surface area (Å²) in [4.78, 5) is 19.0. The van der Waals surface area contributed by atoms with Crippen LogP contribution in [0.15, 0.2) is 66.9 Å². The molecule has 1 aliphatic heterocycles. The lowest BCUT2D eigenvalue weighted by Gasteiger charge is -2.34. The molecule has 1 atom stereocenters. The topological polar surface area (TPSA) is 57.3 Å². The fourth-order valence-electron chi connectivity index (χ4n) is 3.57. The van der Waals surface area contributed by atoms with E-state index in [1.165, 1.54) is 23.9 Å². The molecular formula is C23H22F2N4O. The van der Waals surface area contributed by atoms with E-state index in [9.17, 15) is 13.6 Å². The number of amides is 1. The standard InChI is InChI=1S/C23H22F2N4O/c24-19-10-16(11-20(25)12-19)13-28-23(30)18-6-7-22(27-14-18)29-9-8-26-21(15-29)17-4-2-1-3-5-17/h1-7,10-12,14,21,26H,8-9,13,15H2,(H,28,30). The zero-order chi connectivity index (χ0) is 20.9. The number of aromatic nitrogens is 1. The maximum Gasteiger partial charge on any atom is 0.253 e. The zero-order valence-corrected chi connectivity index (χ0v) is 16.3. The Bertz CT molecular complexity index is 991. The molecule has 3 aromatic rings. The third kappa shape index (κ3) is 4.80. The van der Waals surface area contributed by atoms with Crippen molar-refractivity contribution in [2.24, 2.45) is 0 Å². The van der Waals surface area contributed by atoms with E-state index in [2.05, 4.69) is 32.7 Å². The molecule has 1 aliphatic rings. The quantitative estimate of drug-likeness (QED) is 0.679. The molecule has 5 nitrogen and oxygen atoms in total. The van der Waals surface area contributed by atoms with E-state index < -0.39 is 11.6 Å². The minimum Gasteiger partial charge on any atom is -0.353 e. The molecule has 1 aromatic heterocycles. The number of carbonyl (C=O) groups excluding carboxylic acids is 1. The first kappa shape index (κ1) is 20.0. The molecule has 1 unspecified atom stereocenters. The lowest BCUT2D eigenvalue weighted by molar-refractivity contribution is 0.0950. The van der Waals surface area contributed by atoms with Gasteiger partial charge < -0.3 is 15.5 Å². The number of hydrogen-bond donors (Lipinski definition) is 2. The summed E-state index contributed by atoms with van der Waals surface area (Å²) in [7, 11) is 0. The number of rotatable bonds is 5. The Labute approximate surface area is 173 Å². The Morgan fingerprint density at radius 2 is 1.87 bits per heavy atom. The predicted molar refractivity (Wildman–Crippen MR) is 111 cm³/mol. The van der Waals surface area contributed by atoms with E-state index >= 15 is 0 Å². The van der Waals surface area contributed by atoms with Crippen molar-refractivity contribution in [3.63, 3.8) is 0 Å². The second kappa shape index (κ2) is 9.00. The Hall–Kier alpha value is -3.32. The summed E-state index contributed by atoms with van der Waals surface area (Å²) in [6.07, 6.45) is 1.52. The molecule has 7 heteroatoms. The van der Waals surface area contributed by atoms with Gasteiger partial charge in [0.1, 0.15) is 17.5 Å². The van der Waals surface area contributed by atoms with Crippen molar-refractivity contribution in [3.05, 3.63) is 95.2 Å². The van der Waals surface area contributed by atoms with Gasteiger partial charge in [-0.1, -0.05) is 30.3 Å². The van der Waals surface area contributed by atoms with Crippen molar-refractivity contribution in [1.29, 1.82) is 0 Å². The van der Waals surface area contributed by atoms with Gasteiger partial charge in [-0.3, -0.25) is 4.79 Å². The van der Waals surface area contributed by atoms with Crippen LogP contribution in [0.3, 0.4) is 0 Å². The summed E-state index contributed by atoms with van der Waals surface area (Å²) in [5.74, 6) is -0.882. The number of hydrogen-bond acceptors (Lipinski definition) is 4. The maximum absolute atomic E-state index is 13.3. The van der Waals surface area contributed by atoms with Gasteiger partial charge in [-0.05, 0) is 35.4 Å². The van der Waals surface area contributed by atoms with Gasteiger partial charge in [0.05, 0.1) is 5.56 Å². The Morgan fingerprint density at radius 3 is 2.57 bits per heavy atom. The Kier molecular flexibility index (Phi) is 5.99. The van der Waals surface area contributed by atoms with Gasteiger partial charge in [-0.25, -0.2) is 13.8 Å². The molecule has 0 bridgehead atoms. The first-order valence-corrected chi connectivity index (χ1v) is 9.81. The Balaban J connectivity index is 1.38. The van der Waals surface area contributed by atoms with Gasteiger partial charge in [-0.15, -0.1) is 0 Å². The number of nitrogens with zero attached hydrogens (tertiary/aromatic N) is 2. The molecule has 30 heavy (non-hydrogen) atoms. The highest BCUT2D eigenvalue weighted by molar-refractivity contribution is 5.94. The molecule has 0 spiro atoms. The van der Waals surface area contributed by atoms with Crippen LogP contribution in [0.2, 0.25) is 0 Å². The average molecular weight is 408 g/mol. The molecule has 0 saturated carbocycles. The fraction of sp³-hybridized carbons (Fsp3) is 0.217. The Morgan fingerprint density at radius 1 is 1.10 bits per heavy atom. The van der Waals surface area contributed by atoms with Crippen molar-refractivity contribution < 1.29 is 13.6 Å². The fourth-order valence-corrected chi connectivity index (χ4v) is 3.57. The zero-order valence-electron chi connectivity index (χ0n) is 16.3. The minimum absolute atomic E-state index is 0.0335. The maximum atomic E-state index is 13.3. The molecule has 2 heterocycles. The summed E-state index contributed by atoms with van der Waals surface area (Å²) in [5, 5.41) is 6.18. The lowest BCUT2D eigenvalue weighted by Crippen LogP contribution is -2.46. The number of benzene rings is 2. The van der Waals surface area contributed by atoms with Crippen molar-refractivity contribution in [2.45, 2.75) is 12.6 Å². The molecule has 1 saturated heterocycles. The molecule has 1 fully saturated rings. The van der Waals surface area contributed by atoms with Gasteiger partial charge >= 0.3 is 0 Å². The van der Waals surface area contributed by atoms with Gasteiger partial charge in [0, 0.05) is 44.5 Å². The minimum atomic E-state index is -0.671. The normalized spacial score (nSPS) is 16.3. The largest absolute Gasteiger partial charge is 0.353 e. The second-order valence-electron chi connectivity index (χ2n) is 7.23. The van der Waals surface area contributed by atoms with Crippen LogP contribution in [0.25, 0.3) is 0 Å². The summed E-state index contributed by atoms with van der Waals surface area (Å²) in [6.45, 7) is 2.49. The smallest absolute Gasteiger partial charge is 0.253 e. The summed E-state index contributed by atoms with van der Waals surface area (Å²) < 4.78 is 26.5.